The number of anilines is 1. The zero-order chi connectivity index (χ0) is 16.6. The number of hydrogen-bond donors (Lipinski definition) is 1. The highest BCUT2D eigenvalue weighted by atomic mass is 32.2. The van der Waals surface area contributed by atoms with Gasteiger partial charge in [-0.15, -0.1) is 0 Å². The largest absolute Gasteiger partial charge is 0.497 e. The monoisotopic (exact) mass is 332 g/mol. The number of aromatic nitrogens is 1. The molecule has 0 bridgehead atoms. The van der Waals surface area contributed by atoms with Gasteiger partial charge in [-0.25, -0.2) is 13.4 Å². The number of oxazole rings is 1. The van der Waals surface area contributed by atoms with Crippen molar-refractivity contribution in [3.8, 4) is 5.75 Å². The van der Waals surface area contributed by atoms with Crippen LogP contribution in [0.1, 0.15) is 11.1 Å². The second-order valence-corrected chi connectivity index (χ2v) is 6.85. The lowest BCUT2D eigenvalue weighted by Crippen LogP contribution is -2.15. The van der Waals surface area contributed by atoms with Crippen LogP contribution in [-0.4, -0.2) is 20.5 Å². The van der Waals surface area contributed by atoms with Gasteiger partial charge in [-0.2, -0.15) is 0 Å². The Morgan fingerprint density at radius 3 is 2.48 bits per heavy atom. The molecule has 0 radical (unpaired) electrons. The average molecular weight is 332 g/mol. The second kappa shape index (κ2) is 5.58. The maximum absolute atomic E-state index is 12.7. The highest BCUT2D eigenvalue weighted by Crippen LogP contribution is 2.28. The predicted octanol–water partition coefficient (Wildman–Crippen LogP) is 3.25. The van der Waals surface area contributed by atoms with E-state index in [1.807, 2.05) is 0 Å². The minimum atomic E-state index is -3.72. The fourth-order valence-electron chi connectivity index (χ4n) is 2.58. The van der Waals surface area contributed by atoms with E-state index in [1.165, 1.54) is 6.39 Å². The van der Waals surface area contributed by atoms with Crippen molar-refractivity contribution in [1.29, 1.82) is 0 Å². The molecule has 0 aliphatic rings. The topological polar surface area (TPSA) is 81.4 Å². The number of methoxy groups -OCH3 is 1. The number of hydrogen-bond acceptors (Lipinski definition) is 5. The first-order chi connectivity index (χ1) is 10.9. The van der Waals surface area contributed by atoms with Crippen LogP contribution in [0.2, 0.25) is 0 Å². The van der Waals surface area contributed by atoms with Gasteiger partial charge < -0.3 is 9.15 Å². The van der Waals surface area contributed by atoms with Crippen LogP contribution < -0.4 is 9.46 Å². The summed E-state index contributed by atoms with van der Waals surface area (Å²) in [7, 11) is -2.17. The van der Waals surface area contributed by atoms with E-state index in [-0.39, 0.29) is 4.90 Å². The summed E-state index contributed by atoms with van der Waals surface area (Å²) in [6.07, 6.45) is 1.32. The molecule has 6 nitrogen and oxygen atoms in total. The molecule has 7 heteroatoms. The highest BCUT2D eigenvalue weighted by Gasteiger charge is 2.21. The average Bonchev–Trinajstić information content (AvgIpc) is 2.93. The Morgan fingerprint density at radius 2 is 1.83 bits per heavy atom. The molecule has 0 aliphatic heterocycles. The van der Waals surface area contributed by atoms with Crippen LogP contribution in [0.3, 0.4) is 0 Å². The summed E-state index contributed by atoms with van der Waals surface area (Å²) in [6, 6.07) is 8.34. The Labute approximate surface area is 134 Å². The van der Waals surface area contributed by atoms with Gasteiger partial charge in [0.2, 0.25) is 0 Å². The van der Waals surface area contributed by atoms with E-state index in [4.69, 9.17) is 9.15 Å². The summed E-state index contributed by atoms with van der Waals surface area (Å²) in [4.78, 5) is 4.27. The van der Waals surface area contributed by atoms with Gasteiger partial charge in [0.15, 0.2) is 12.0 Å². The molecule has 2 aromatic carbocycles. The molecule has 1 N–H and O–H groups in total. The van der Waals surface area contributed by atoms with Crippen LogP contribution in [0.25, 0.3) is 11.1 Å². The fraction of sp³-hybridized carbons (Fsp3) is 0.188. The molecular formula is C16H16N2O4S. The Morgan fingerprint density at radius 1 is 1.13 bits per heavy atom. The zero-order valence-electron chi connectivity index (χ0n) is 13.0. The van der Waals surface area contributed by atoms with Crippen LogP contribution in [0.15, 0.2) is 46.0 Å². The molecule has 1 heterocycles. The number of sulfonamides is 1. The lowest BCUT2D eigenvalue weighted by molar-refractivity contribution is 0.413. The van der Waals surface area contributed by atoms with E-state index in [1.54, 1.807) is 51.3 Å². The molecule has 0 fully saturated rings. The lowest BCUT2D eigenvalue weighted by atomic mass is 10.1. The molecule has 120 valence electrons. The quantitative estimate of drug-likeness (QED) is 0.793. The van der Waals surface area contributed by atoms with Crippen LogP contribution in [0.5, 0.6) is 5.75 Å². The van der Waals surface area contributed by atoms with E-state index in [0.717, 1.165) is 0 Å². The Hall–Kier alpha value is -2.54. The lowest BCUT2D eigenvalue weighted by Gasteiger charge is -2.14. The number of nitrogens with one attached hydrogen (secondary N) is 1. The standard InChI is InChI=1S/C16H16N2O4S/c1-10-6-13(21-3)7-11(2)16(10)23(19,20)18-12-4-5-15-14(8-12)17-9-22-15/h4-9,18H,1-3H3. The van der Waals surface area contributed by atoms with Crippen molar-refractivity contribution in [2.45, 2.75) is 18.7 Å². The van der Waals surface area contributed by atoms with Crippen LogP contribution in [0, 0.1) is 13.8 Å². The number of fused-ring (bicyclic) bond motifs is 1. The molecule has 23 heavy (non-hydrogen) atoms. The van der Waals surface area contributed by atoms with Gasteiger partial charge in [0.1, 0.15) is 11.3 Å². The Bertz CT molecular complexity index is 954. The Kier molecular flexibility index (Phi) is 3.73. The van der Waals surface area contributed by atoms with E-state index in [0.29, 0.717) is 33.7 Å². The van der Waals surface area contributed by atoms with Crippen molar-refractivity contribution in [3.63, 3.8) is 0 Å². The number of benzene rings is 2. The molecule has 3 aromatic rings. The van der Waals surface area contributed by atoms with Gasteiger partial charge in [-0.05, 0) is 55.3 Å². The first kappa shape index (κ1) is 15.4. The molecule has 0 spiro atoms. The van der Waals surface area contributed by atoms with Gasteiger partial charge >= 0.3 is 0 Å². The number of ether oxygens (including phenoxy) is 1. The summed E-state index contributed by atoms with van der Waals surface area (Å²) < 4.78 is 38.3. The van der Waals surface area contributed by atoms with Crippen LogP contribution in [-0.2, 0) is 10.0 Å². The maximum atomic E-state index is 12.7. The SMILES string of the molecule is COc1cc(C)c(S(=O)(=O)Nc2ccc3ocnc3c2)c(C)c1. The van der Waals surface area contributed by atoms with Crippen molar-refractivity contribution >= 4 is 26.8 Å². The Balaban J connectivity index is 2.01. The minimum Gasteiger partial charge on any atom is -0.497 e. The van der Waals surface area contributed by atoms with Crippen LogP contribution >= 0.6 is 0 Å². The molecular weight excluding hydrogens is 316 g/mol. The smallest absolute Gasteiger partial charge is 0.262 e. The first-order valence-corrected chi connectivity index (χ1v) is 8.40. The summed E-state index contributed by atoms with van der Waals surface area (Å²) in [5.41, 5.74) is 2.87. The van der Waals surface area contributed by atoms with Crippen molar-refractivity contribution in [1.82, 2.24) is 4.98 Å². The van der Waals surface area contributed by atoms with Crippen LogP contribution in [0.4, 0.5) is 5.69 Å². The normalized spacial score (nSPS) is 11.6. The van der Waals surface area contributed by atoms with Gasteiger partial charge in [-0.1, -0.05) is 0 Å². The van der Waals surface area contributed by atoms with Gasteiger partial charge in [0.05, 0.1) is 17.7 Å². The summed E-state index contributed by atoms with van der Waals surface area (Å²) in [5.74, 6) is 0.628. The van der Waals surface area contributed by atoms with Gasteiger partial charge in [0, 0.05) is 0 Å². The molecule has 0 aliphatic carbocycles. The van der Waals surface area contributed by atoms with Crippen molar-refractivity contribution in [2.75, 3.05) is 11.8 Å². The molecule has 0 unspecified atom stereocenters. The fourth-order valence-corrected chi connectivity index (χ4v) is 4.08. The second-order valence-electron chi connectivity index (χ2n) is 5.23. The highest BCUT2D eigenvalue weighted by molar-refractivity contribution is 7.92. The summed E-state index contributed by atoms with van der Waals surface area (Å²) in [5, 5.41) is 0. The predicted molar refractivity (Wildman–Crippen MR) is 87.3 cm³/mol. The van der Waals surface area contributed by atoms with E-state index in [2.05, 4.69) is 9.71 Å². The van der Waals surface area contributed by atoms with E-state index >= 15 is 0 Å². The third-order valence-electron chi connectivity index (χ3n) is 3.52. The molecule has 0 saturated carbocycles. The van der Waals surface area contributed by atoms with Crippen molar-refractivity contribution in [2.24, 2.45) is 0 Å². The maximum Gasteiger partial charge on any atom is 0.262 e. The van der Waals surface area contributed by atoms with Gasteiger partial charge in [0.25, 0.3) is 10.0 Å². The zero-order valence-corrected chi connectivity index (χ0v) is 13.8. The minimum absolute atomic E-state index is 0.249. The first-order valence-electron chi connectivity index (χ1n) is 6.92. The molecule has 0 amide bonds. The third kappa shape index (κ3) is 2.87. The molecule has 0 atom stereocenters. The number of rotatable bonds is 4. The van der Waals surface area contributed by atoms with E-state index in [9.17, 15) is 8.42 Å². The van der Waals surface area contributed by atoms with Crippen molar-refractivity contribution < 1.29 is 17.6 Å². The molecule has 3 rings (SSSR count). The van der Waals surface area contributed by atoms with Gasteiger partial charge in [-0.3, -0.25) is 4.72 Å². The molecule has 1 aromatic heterocycles. The molecule has 0 saturated heterocycles. The number of nitrogens with zero attached hydrogens (tertiary/aromatic N) is 1. The van der Waals surface area contributed by atoms with E-state index < -0.39 is 10.0 Å². The summed E-state index contributed by atoms with van der Waals surface area (Å²) in [6.45, 7) is 3.48. The third-order valence-corrected chi connectivity index (χ3v) is 5.21. The van der Waals surface area contributed by atoms with Crippen molar-refractivity contribution in [3.05, 3.63) is 47.9 Å². The number of aryl methyl sites for hydroxylation is 2. The summed E-state index contributed by atoms with van der Waals surface area (Å²) >= 11 is 0.